The second-order valence-corrected chi connectivity index (χ2v) is 4.76. The number of piperidine rings is 1. The van der Waals surface area contributed by atoms with Gasteiger partial charge in [0.15, 0.2) is 0 Å². The Labute approximate surface area is 100 Å². The number of aliphatic hydroxyl groups is 1. The largest absolute Gasteiger partial charge is 0.393 e. The highest BCUT2D eigenvalue weighted by molar-refractivity contribution is 6.28. The maximum absolute atomic E-state index is 9.68. The molecule has 0 bridgehead atoms. The van der Waals surface area contributed by atoms with Crippen LogP contribution in [-0.2, 0) is 0 Å². The highest BCUT2D eigenvalue weighted by atomic mass is 35.5. The summed E-state index contributed by atoms with van der Waals surface area (Å²) in [5, 5.41) is 9.96. The number of halogens is 1. The fourth-order valence-corrected chi connectivity index (χ4v) is 2.19. The maximum atomic E-state index is 9.68. The van der Waals surface area contributed by atoms with Crippen LogP contribution in [0, 0.1) is 12.8 Å². The van der Waals surface area contributed by atoms with Crippen LogP contribution < -0.4 is 4.90 Å². The fourth-order valence-electron chi connectivity index (χ4n) is 2.06. The van der Waals surface area contributed by atoms with Gasteiger partial charge in [-0.05, 0) is 30.9 Å². The minimum absolute atomic E-state index is 0.200. The number of aryl methyl sites for hydroxylation is 1. The molecule has 1 saturated heterocycles. The van der Waals surface area contributed by atoms with Crippen LogP contribution in [0.25, 0.3) is 0 Å². The van der Waals surface area contributed by atoms with Gasteiger partial charge in [0.05, 0.1) is 6.10 Å². The molecule has 2 unspecified atom stereocenters. The Balaban J connectivity index is 2.21. The summed E-state index contributed by atoms with van der Waals surface area (Å²) in [7, 11) is 0. The summed E-state index contributed by atoms with van der Waals surface area (Å²) in [6, 6.07) is 0. The van der Waals surface area contributed by atoms with Gasteiger partial charge in [0, 0.05) is 24.8 Å². The molecule has 0 radical (unpaired) electrons. The lowest BCUT2D eigenvalue weighted by Crippen LogP contribution is -2.42. The second-order valence-electron chi connectivity index (χ2n) is 4.42. The molecule has 5 heteroatoms. The summed E-state index contributed by atoms with van der Waals surface area (Å²) in [6.45, 7) is 5.66. The summed E-state index contributed by atoms with van der Waals surface area (Å²) in [4.78, 5) is 10.4. The first kappa shape index (κ1) is 11.6. The van der Waals surface area contributed by atoms with Crippen molar-refractivity contribution in [2.24, 2.45) is 5.92 Å². The number of anilines is 1. The van der Waals surface area contributed by atoms with Gasteiger partial charge in [-0.15, -0.1) is 0 Å². The number of aromatic nitrogens is 2. The zero-order valence-corrected chi connectivity index (χ0v) is 10.3. The van der Waals surface area contributed by atoms with E-state index in [-0.39, 0.29) is 17.3 Å². The van der Waals surface area contributed by atoms with Gasteiger partial charge < -0.3 is 10.0 Å². The Morgan fingerprint density at radius 3 is 3.00 bits per heavy atom. The Hall–Kier alpha value is -0.870. The predicted molar refractivity (Wildman–Crippen MR) is 63.8 cm³/mol. The van der Waals surface area contributed by atoms with Crippen LogP contribution in [0.1, 0.15) is 18.9 Å². The molecular formula is C11H16ClN3O. The Morgan fingerprint density at radius 2 is 2.31 bits per heavy atom. The van der Waals surface area contributed by atoms with Crippen LogP contribution in [0.3, 0.4) is 0 Å². The van der Waals surface area contributed by atoms with Crippen LogP contribution in [0.4, 0.5) is 5.82 Å². The summed E-state index contributed by atoms with van der Waals surface area (Å²) < 4.78 is 0. The smallest absolute Gasteiger partial charge is 0.224 e. The lowest BCUT2D eigenvalue weighted by atomic mass is 9.96. The van der Waals surface area contributed by atoms with Crippen molar-refractivity contribution in [2.45, 2.75) is 26.4 Å². The summed E-state index contributed by atoms with van der Waals surface area (Å²) in [6.07, 6.45) is 2.32. The molecule has 4 nitrogen and oxygen atoms in total. The SMILES string of the molecule is Cc1cnc(Cl)nc1N1CCC(O)C(C)C1. The monoisotopic (exact) mass is 241 g/mol. The topological polar surface area (TPSA) is 49.2 Å². The van der Waals surface area contributed by atoms with E-state index in [0.717, 1.165) is 30.9 Å². The van der Waals surface area contributed by atoms with Crippen molar-refractivity contribution in [1.82, 2.24) is 9.97 Å². The van der Waals surface area contributed by atoms with Crippen LogP contribution in [0.2, 0.25) is 5.28 Å². The van der Waals surface area contributed by atoms with Gasteiger partial charge in [0.2, 0.25) is 5.28 Å². The normalized spacial score (nSPS) is 25.9. The number of rotatable bonds is 1. The van der Waals surface area contributed by atoms with E-state index in [2.05, 4.69) is 21.8 Å². The molecule has 16 heavy (non-hydrogen) atoms. The zero-order chi connectivity index (χ0) is 11.7. The van der Waals surface area contributed by atoms with Crippen LogP contribution in [-0.4, -0.2) is 34.3 Å². The molecule has 0 saturated carbocycles. The molecule has 1 aliphatic rings. The molecule has 2 rings (SSSR count). The molecule has 1 N–H and O–H groups in total. The minimum Gasteiger partial charge on any atom is -0.393 e. The van der Waals surface area contributed by atoms with E-state index in [1.807, 2.05) is 6.92 Å². The van der Waals surface area contributed by atoms with Gasteiger partial charge >= 0.3 is 0 Å². The lowest BCUT2D eigenvalue weighted by molar-refractivity contribution is 0.0968. The van der Waals surface area contributed by atoms with Crippen LogP contribution >= 0.6 is 11.6 Å². The highest BCUT2D eigenvalue weighted by Crippen LogP contribution is 2.24. The van der Waals surface area contributed by atoms with Crippen molar-refractivity contribution in [2.75, 3.05) is 18.0 Å². The molecule has 88 valence electrons. The quantitative estimate of drug-likeness (QED) is 0.760. The molecule has 0 aliphatic carbocycles. The standard InChI is InChI=1S/C11H16ClN3O/c1-7-5-13-11(12)14-10(7)15-4-3-9(16)8(2)6-15/h5,8-9,16H,3-4,6H2,1-2H3. The first-order valence-corrected chi connectivity index (χ1v) is 5.88. The second kappa shape index (κ2) is 4.55. The van der Waals surface area contributed by atoms with E-state index in [9.17, 15) is 5.11 Å². The summed E-state index contributed by atoms with van der Waals surface area (Å²) in [5.74, 6) is 1.15. The van der Waals surface area contributed by atoms with E-state index in [4.69, 9.17) is 11.6 Å². The molecule has 0 amide bonds. The number of hydrogen-bond donors (Lipinski definition) is 1. The Kier molecular flexibility index (Phi) is 3.30. The first-order chi connectivity index (χ1) is 7.58. The van der Waals surface area contributed by atoms with Crippen molar-refractivity contribution in [3.05, 3.63) is 17.0 Å². The molecule has 1 fully saturated rings. The minimum atomic E-state index is -0.200. The predicted octanol–water partition coefficient (Wildman–Crippen LogP) is 1.65. The Morgan fingerprint density at radius 1 is 1.56 bits per heavy atom. The van der Waals surface area contributed by atoms with E-state index >= 15 is 0 Å². The third-order valence-electron chi connectivity index (χ3n) is 3.08. The van der Waals surface area contributed by atoms with Gasteiger partial charge in [-0.3, -0.25) is 0 Å². The van der Waals surface area contributed by atoms with Gasteiger partial charge in [-0.25, -0.2) is 9.97 Å². The van der Waals surface area contributed by atoms with E-state index < -0.39 is 0 Å². The third kappa shape index (κ3) is 2.28. The molecule has 2 atom stereocenters. The number of nitrogens with zero attached hydrogens (tertiary/aromatic N) is 3. The molecule has 1 aromatic rings. The van der Waals surface area contributed by atoms with Gasteiger partial charge in [0.25, 0.3) is 0 Å². The number of hydrogen-bond acceptors (Lipinski definition) is 4. The molecule has 0 spiro atoms. The van der Waals surface area contributed by atoms with Gasteiger partial charge in [-0.1, -0.05) is 6.92 Å². The first-order valence-electron chi connectivity index (χ1n) is 5.50. The molecular weight excluding hydrogens is 226 g/mol. The van der Waals surface area contributed by atoms with Gasteiger partial charge in [-0.2, -0.15) is 0 Å². The third-order valence-corrected chi connectivity index (χ3v) is 3.26. The van der Waals surface area contributed by atoms with E-state index in [1.165, 1.54) is 0 Å². The number of aliphatic hydroxyl groups excluding tert-OH is 1. The average Bonchev–Trinajstić information content (AvgIpc) is 2.26. The fraction of sp³-hybridized carbons (Fsp3) is 0.636. The van der Waals surface area contributed by atoms with Crippen molar-refractivity contribution in [1.29, 1.82) is 0 Å². The maximum Gasteiger partial charge on any atom is 0.224 e. The summed E-state index contributed by atoms with van der Waals surface area (Å²) in [5.41, 5.74) is 1.02. The lowest BCUT2D eigenvalue weighted by Gasteiger charge is -2.35. The van der Waals surface area contributed by atoms with Crippen molar-refractivity contribution in [3.8, 4) is 0 Å². The Bertz CT molecular complexity index is 385. The van der Waals surface area contributed by atoms with E-state index in [0.29, 0.717) is 0 Å². The molecule has 1 aliphatic heterocycles. The van der Waals surface area contributed by atoms with Crippen molar-refractivity contribution >= 4 is 17.4 Å². The zero-order valence-electron chi connectivity index (χ0n) is 9.52. The molecule has 0 aromatic carbocycles. The average molecular weight is 242 g/mol. The van der Waals surface area contributed by atoms with Crippen LogP contribution in [0.5, 0.6) is 0 Å². The molecule has 2 heterocycles. The molecule has 1 aromatic heterocycles. The van der Waals surface area contributed by atoms with E-state index in [1.54, 1.807) is 6.20 Å². The van der Waals surface area contributed by atoms with Crippen LogP contribution in [0.15, 0.2) is 6.20 Å². The highest BCUT2D eigenvalue weighted by Gasteiger charge is 2.25. The van der Waals surface area contributed by atoms with Gasteiger partial charge in [0.1, 0.15) is 5.82 Å². The van der Waals surface area contributed by atoms with Crippen molar-refractivity contribution < 1.29 is 5.11 Å². The summed E-state index contributed by atoms with van der Waals surface area (Å²) >= 11 is 5.80. The van der Waals surface area contributed by atoms with Crippen molar-refractivity contribution in [3.63, 3.8) is 0 Å².